The average Bonchev–Trinajstić information content (AvgIpc) is 2.59. The summed E-state index contributed by atoms with van der Waals surface area (Å²) in [4.78, 5) is 32.5. The highest BCUT2D eigenvalue weighted by atomic mass is 127. The van der Waals surface area contributed by atoms with Crippen LogP contribution in [-0.2, 0) is 9.59 Å². The van der Waals surface area contributed by atoms with Crippen molar-refractivity contribution >= 4 is 51.3 Å². The van der Waals surface area contributed by atoms with E-state index in [2.05, 4.69) is 32.6 Å². The third-order valence-electron chi connectivity index (χ3n) is 2.27. The van der Waals surface area contributed by atoms with Crippen LogP contribution in [0, 0.1) is 3.57 Å². The first-order chi connectivity index (χ1) is 8.06. The van der Waals surface area contributed by atoms with E-state index >= 15 is 0 Å². The maximum absolute atomic E-state index is 11.8. The fourth-order valence-corrected chi connectivity index (χ4v) is 2.82. The van der Waals surface area contributed by atoms with E-state index in [-0.39, 0.29) is 16.3 Å². The van der Waals surface area contributed by atoms with Crippen molar-refractivity contribution in [1.29, 1.82) is 0 Å². The van der Waals surface area contributed by atoms with Gasteiger partial charge < -0.3 is 0 Å². The van der Waals surface area contributed by atoms with E-state index in [4.69, 9.17) is 0 Å². The predicted molar refractivity (Wildman–Crippen MR) is 73.8 cm³/mol. The Balaban J connectivity index is 2.10. The lowest BCUT2D eigenvalue weighted by molar-refractivity contribution is -0.117. The molecule has 1 aliphatic heterocycles. The van der Waals surface area contributed by atoms with Gasteiger partial charge in [0.25, 0.3) is 0 Å². The molecular weight excluding hydrogens is 353 g/mol. The van der Waals surface area contributed by atoms with Gasteiger partial charge in [-0.15, -0.1) is 0 Å². The average molecular weight is 363 g/mol. The highest BCUT2D eigenvalue weighted by molar-refractivity contribution is 14.1. The Hall–Kier alpha value is -0.700. The van der Waals surface area contributed by atoms with E-state index in [0.717, 1.165) is 3.57 Å². The fourth-order valence-electron chi connectivity index (χ4n) is 1.63. The molecule has 0 aromatic carbocycles. The van der Waals surface area contributed by atoms with Gasteiger partial charge in [0.2, 0.25) is 11.9 Å². The summed E-state index contributed by atoms with van der Waals surface area (Å²) in [6.07, 6.45) is 3.71. The molecule has 1 fully saturated rings. The Bertz CT molecular complexity index is 451. The molecule has 17 heavy (non-hydrogen) atoms. The van der Waals surface area contributed by atoms with Crippen molar-refractivity contribution in [2.75, 3.05) is 11.4 Å². The zero-order valence-electron chi connectivity index (χ0n) is 9.09. The van der Waals surface area contributed by atoms with Gasteiger partial charge in [-0.1, -0.05) is 11.8 Å². The zero-order chi connectivity index (χ0) is 12.4. The molecule has 1 aromatic rings. The maximum atomic E-state index is 11.8. The van der Waals surface area contributed by atoms with Crippen molar-refractivity contribution in [2.45, 2.75) is 18.6 Å². The second-order valence-corrected chi connectivity index (χ2v) is 6.36. The molecule has 0 bridgehead atoms. The second-order valence-electron chi connectivity index (χ2n) is 3.64. The van der Waals surface area contributed by atoms with Crippen molar-refractivity contribution in [1.82, 2.24) is 9.97 Å². The summed E-state index contributed by atoms with van der Waals surface area (Å²) in [6.45, 7) is 2.02. The summed E-state index contributed by atoms with van der Waals surface area (Å²) in [6, 6.07) is 0. The molecule has 0 radical (unpaired) electrons. The van der Waals surface area contributed by atoms with E-state index in [1.54, 1.807) is 12.4 Å². The number of aromatic nitrogens is 2. The maximum Gasteiger partial charge on any atom is 0.232 e. The van der Waals surface area contributed by atoms with Gasteiger partial charge in [0, 0.05) is 41.1 Å². The standard InChI is InChI=1S/C10H10IN3O2S/c1-6(15)17-8-2-9(16)14(5-8)10-12-3-7(11)4-13-10/h3-4,8H,2,5H2,1H3. The quantitative estimate of drug-likeness (QED) is 0.745. The minimum absolute atomic E-state index is 0.0166. The smallest absolute Gasteiger partial charge is 0.232 e. The molecule has 0 aliphatic carbocycles. The number of hydrogen-bond donors (Lipinski definition) is 0. The van der Waals surface area contributed by atoms with Gasteiger partial charge in [0.05, 0.1) is 0 Å². The molecule has 2 heterocycles. The molecule has 7 heteroatoms. The Morgan fingerprint density at radius 3 is 2.76 bits per heavy atom. The molecule has 2 rings (SSSR count). The summed E-state index contributed by atoms with van der Waals surface area (Å²) in [7, 11) is 0. The molecule has 1 aromatic heterocycles. The van der Waals surface area contributed by atoms with Gasteiger partial charge in [0.15, 0.2) is 5.12 Å². The van der Waals surface area contributed by atoms with Crippen LogP contribution < -0.4 is 4.90 Å². The summed E-state index contributed by atoms with van der Waals surface area (Å²) in [5.41, 5.74) is 0. The normalized spacial score (nSPS) is 19.8. The van der Waals surface area contributed by atoms with Crippen molar-refractivity contribution in [2.24, 2.45) is 0 Å². The van der Waals surface area contributed by atoms with E-state index in [0.29, 0.717) is 18.9 Å². The third kappa shape index (κ3) is 3.15. The van der Waals surface area contributed by atoms with Crippen LogP contribution in [0.5, 0.6) is 0 Å². The van der Waals surface area contributed by atoms with E-state index in [1.807, 2.05) is 0 Å². The summed E-state index contributed by atoms with van der Waals surface area (Å²) in [5.74, 6) is 0.395. The molecule has 1 amide bonds. The van der Waals surface area contributed by atoms with Crippen LogP contribution in [0.1, 0.15) is 13.3 Å². The van der Waals surface area contributed by atoms with Crippen LogP contribution in [0.4, 0.5) is 5.95 Å². The lowest BCUT2D eigenvalue weighted by Gasteiger charge is -2.13. The first kappa shape index (κ1) is 12.7. The lowest BCUT2D eigenvalue weighted by atomic mass is 10.4. The van der Waals surface area contributed by atoms with Crippen LogP contribution in [0.15, 0.2) is 12.4 Å². The zero-order valence-corrected chi connectivity index (χ0v) is 12.1. The van der Waals surface area contributed by atoms with E-state index in [1.165, 1.54) is 23.6 Å². The minimum atomic E-state index is -0.0232. The van der Waals surface area contributed by atoms with Gasteiger partial charge in [-0.25, -0.2) is 9.97 Å². The van der Waals surface area contributed by atoms with Crippen LogP contribution in [0.3, 0.4) is 0 Å². The lowest BCUT2D eigenvalue weighted by Crippen LogP contribution is -2.26. The first-order valence-corrected chi connectivity index (χ1v) is 6.97. The van der Waals surface area contributed by atoms with E-state index < -0.39 is 0 Å². The molecule has 1 unspecified atom stereocenters. The van der Waals surface area contributed by atoms with Gasteiger partial charge in [-0.2, -0.15) is 0 Å². The Morgan fingerprint density at radius 1 is 1.53 bits per heavy atom. The van der Waals surface area contributed by atoms with Crippen molar-refractivity contribution < 1.29 is 9.59 Å². The topological polar surface area (TPSA) is 63.2 Å². The first-order valence-electron chi connectivity index (χ1n) is 5.01. The van der Waals surface area contributed by atoms with Crippen molar-refractivity contribution in [3.63, 3.8) is 0 Å². The molecule has 0 N–H and O–H groups in total. The monoisotopic (exact) mass is 363 g/mol. The van der Waals surface area contributed by atoms with Crippen molar-refractivity contribution in [3.05, 3.63) is 16.0 Å². The molecule has 5 nitrogen and oxygen atoms in total. The number of nitrogens with zero attached hydrogens (tertiary/aromatic N) is 3. The van der Waals surface area contributed by atoms with Gasteiger partial charge in [0.1, 0.15) is 0 Å². The number of amides is 1. The number of anilines is 1. The van der Waals surface area contributed by atoms with Crippen LogP contribution >= 0.6 is 34.4 Å². The fraction of sp³-hybridized carbons (Fsp3) is 0.400. The molecule has 1 atom stereocenters. The molecule has 0 spiro atoms. The van der Waals surface area contributed by atoms with Crippen LogP contribution in [0.25, 0.3) is 0 Å². The molecule has 90 valence electrons. The number of carbonyl (C=O) groups excluding carboxylic acids is 2. The number of hydrogen-bond acceptors (Lipinski definition) is 5. The van der Waals surface area contributed by atoms with E-state index in [9.17, 15) is 9.59 Å². The van der Waals surface area contributed by atoms with Gasteiger partial charge in [-0.3, -0.25) is 14.5 Å². The summed E-state index contributed by atoms with van der Waals surface area (Å²) < 4.78 is 0.924. The van der Waals surface area contributed by atoms with Crippen LogP contribution in [-0.4, -0.2) is 32.8 Å². The molecule has 1 saturated heterocycles. The van der Waals surface area contributed by atoms with Gasteiger partial charge in [-0.05, 0) is 22.6 Å². The van der Waals surface area contributed by atoms with Gasteiger partial charge >= 0.3 is 0 Å². The SMILES string of the molecule is CC(=O)SC1CC(=O)N(c2ncc(I)cn2)C1. The second kappa shape index (κ2) is 5.30. The largest absolute Gasteiger partial charge is 0.288 e. The Labute approximate surface area is 117 Å². The molecule has 1 aliphatic rings. The van der Waals surface area contributed by atoms with Crippen LogP contribution in [0.2, 0.25) is 0 Å². The number of carbonyl (C=O) groups is 2. The summed E-state index contributed by atoms with van der Waals surface area (Å²) in [5, 5.41) is 0.0519. The minimum Gasteiger partial charge on any atom is -0.288 e. The highest BCUT2D eigenvalue weighted by Gasteiger charge is 2.33. The Morgan fingerprint density at radius 2 is 2.18 bits per heavy atom. The highest BCUT2D eigenvalue weighted by Crippen LogP contribution is 2.26. The number of rotatable bonds is 2. The third-order valence-corrected chi connectivity index (χ3v) is 3.81. The Kier molecular flexibility index (Phi) is 3.97. The molecule has 0 saturated carbocycles. The predicted octanol–water partition coefficient (Wildman–Crippen LogP) is 1.47. The molecular formula is C10H10IN3O2S. The summed E-state index contributed by atoms with van der Waals surface area (Å²) >= 11 is 3.32. The number of halogens is 1. The number of thioether (sulfide) groups is 1. The van der Waals surface area contributed by atoms with Crippen molar-refractivity contribution in [3.8, 4) is 0 Å².